The molecule has 1 aliphatic carbocycles. The van der Waals surface area contributed by atoms with E-state index in [9.17, 15) is 8.42 Å². The van der Waals surface area contributed by atoms with Crippen molar-refractivity contribution in [2.75, 3.05) is 50.9 Å². The molecular formula is C17H26N4O4S. The Labute approximate surface area is 154 Å². The zero-order valence-corrected chi connectivity index (χ0v) is 15.7. The fourth-order valence-corrected chi connectivity index (χ4v) is 4.80. The Morgan fingerprint density at radius 3 is 2.65 bits per heavy atom. The van der Waals surface area contributed by atoms with E-state index < -0.39 is 10.2 Å². The molecular weight excluding hydrogens is 356 g/mol. The largest absolute Gasteiger partial charge is 0.477 e. The molecule has 0 bridgehead atoms. The van der Waals surface area contributed by atoms with E-state index in [2.05, 4.69) is 9.88 Å². The molecule has 2 saturated heterocycles. The maximum absolute atomic E-state index is 11.4. The van der Waals surface area contributed by atoms with Crippen LogP contribution in [0.4, 0.5) is 5.82 Å². The summed E-state index contributed by atoms with van der Waals surface area (Å²) in [6.45, 7) is 4.82. The molecule has 2 N–H and O–H groups in total. The second-order valence-corrected chi connectivity index (χ2v) is 9.00. The van der Waals surface area contributed by atoms with Gasteiger partial charge in [0, 0.05) is 32.2 Å². The third-order valence-electron chi connectivity index (χ3n) is 5.91. The average molecular weight is 382 g/mol. The highest BCUT2D eigenvalue weighted by atomic mass is 32.2. The minimum atomic E-state index is -3.56. The summed E-state index contributed by atoms with van der Waals surface area (Å²) >= 11 is 0. The minimum Gasteiger partial charge on any atom is -0.477 e. The number of hydrogen-bond acceptors (Lipinski definition) is 6. The van der Waals surface area contributed by atoms with E-state index in [1.54, 1.807) is 0 Å². The first-order valence-corrected chi connectivity index (χ1v) is 10.7. The normalized spacial score (nSPS) is 26.0. The van der Waals surface area contributed by atoms with Crippen molar-refractivity contribution >= 4 is 16.0 Å². The van der Waals surface area contributed by atoms with E-state index in [1.165, 1.54) is 4.31 Å². The topological polar surface area (TPSA) is 98.0 Å². The molecule has 1 saturated carbocycles. The molecule has 4 rings (SSSR count). The van der Waals surface area contributed by atoms with Crippen molar-refractivity contribution in [1.82, 2.24) is 9.29 Å². The molecule has 0 unspecified atom stereocenters. The number of pyridine rings is 1. The molecule has 3 heterocycles. The van der Waals surface area contributed by atoms with Crippen LogP contribution in [-0.2, 0) is 14.9 Å². The number of aromatic nitrogens is 1. The van der Waals surface area contributed by atoms with Crippen LogP contribution in [-0.4, -0.2) is 63.7 Å². The Morgan fingerprint density at radius 2 is 1.96 bits per heavy atom. The van der Waals surface area contributed by atoms with E-state index in [0.717, 1.165) is 51.4 Å². The summed E-state index contributed by atoms with van der Waals surface area (Å²) in [7, 11) is -3.56. The maximum atomic E-state index is 11.4. The molecule has 9 heteroatoms. The van der Waals surface area contributed by atoms with E-state index in [4.69, 9.17) is 14.6 Å². The molecule has 1 atom stereocenters. The van der Waals surface area contributed by atoms with Gasteiger partial charge in [0.15, 0.2) is 0 Å². The van der Waals surface area contributed by atoms with Gasteiger partial charge in [-0.05, 0) is 36.7 Å². The van der Waals surface area contributed by atoms with Gasteiger partial charge in [-0.2, -0.15) is 17.7 Å². The zero-order chi connectivity index (χ0) is 18.2. The molecule has 8 nitrogen and oxygen atoms in total. The van der Waals surface area contributed by atoms with Crippen LogP contribution in [0, 0.1) is 11.3 Å². The fraction of sp³-hybridized carbons (Fsp3) is 0.706. The molecule has 0 aromatic carbocycles. The number of hydrogen-bond donors (Lipinski definition) is 1. The first-order chi connectivity index (χ1) is 12.5. The first kappa shape index (κ1) is 18.0. The van der Waals surface area contributed by atoms with E-state index >= 15 is 0 Å². The lowest BCUT2D eigenvalue weighted by atomic mass is 9.92. The van der Waals surface area contributed by atoms with Crippen molar-refractivity contribution in [2.24, 2.45) is 16.5 Å². The van der Waals surface area contributed by atoms with Crippen molar-refractivity contribution in [3.05, 3.63) is 18.2 Å². The summed E-state index contributed by atoms with van der Waals surface area (Å²) in [5, 5.41) is 5.22. The Morgan fingerprint density at radius 1 is 1.23 bits per heavy atom. The molecule has 3 aliphatic rings. The van der Waals surface area contributed by atoms with Crippen molar-refractivity contribution in [3.63, 3.8) is 0 Å². The van der Waals surface area contributed by atoms with Gasteiger partial charge >= 0.3 is 0 Å². The third-order valence-corrected chi connectivity index (χ3v) is 7.00. The number of anilines is 1. The lowest BCUT2D eigenvalue weighted by molar-refractivity contribution is 0.122. The lowest BCUT2D eigenvalue weighted by Crippen LogP contribution is -2.43. The zero-order valence-electron chi connectivity index (χ0n) is 14.8. The Balaban J connectivity index is 1.29. The lowest BCUT2D eigenvalue weighted by Gasteiger charge is -2.30. The SMILES string of the molecule is NS(=O)(=O)N1CCC2(CC1)C[C@H]2COc1cccc(N2CCOCC2)n1. The van der Waals surface area contributed by atoms with Crippen LogP contribution in [0.1, 0.15) is 19.3 Å². The summed E-state index contributed by atoms with van der Waals surface area (Å²) < 4.78 is 35.6. The highest BCUT2D eigenvalue weighted by Gasteiger charge is 2.55. The molecule has 0 radical (unpaired) electrons. The van der Waals surface area contributed by atoms with Crippen LogP contribution in [0.25, 0.3) is 0 Å². The van der Waals surface area contributed by atoms with Crippen LogP contribution < -0.4 is 14.8 Å². The van der Waals surface area contributed by atoms with Crippen molar-refractivity contribution in [2.45, 2.75) is 19.3 Å². The van der Waals surface area contributed by atoms with Gasteiger partial charge in [-0.1, -0.05) is 6.07 Å². The van der Waals surface area contributed by atoms with Gasteiger partial charge in [-0.15, -0.1) is 0 Å². The molecule has 0 amide bonds. The average Bonchev–Trinajstić information content (AvgIpc) is 3.32. The fourth-order valence-electron chi connectivity index (χ4n) is 4.10. The van der Waals surface area contributed by atoms with Crippen molar-refractivity contribution < 1.29 is 17.9 Å². The number of nitrogens with zero attached hydrogens (tertiary/aromatic N) is 3. The highest BCUT2D eigenvalue weighted by molar-refractivity contribution is 7.86. The minimum absolute atomic E-state index is 0.225. The standard InChI is InChI=1S/C17H26N4O4S/c18-26(22,23)21-6-4-17(5-7-21)12-14(17)13-25-16-3-1-2-15(19-16)20-8-10-24-11-9-20/h1-3,14H,4-13H2,(H2,18,22,23)/t14-/m0/s1. The summed E-state index contributed by atoms with van der Waals surface area (Å²) in [5.74, 6) is 2.05. The van der Waals surface area contributed by atoms with Crippen LogP contribution in [0.15, 0.2) is 18.2 Å². The summed E-state index contributed by atoms with van der Waals surface area (Å²) in [4.78, 5) is 6.82. The molecule has 3 fully saturated rings. The second-order valence-electron chi connectivity index (χ2n) is 7.45. The molecule has 1 aromatic rings. The number of nitrogens with two attached hydrogens (primary N) is 1. The van der Waals surface area contributed by atoms with Gasteiger partial charge in [0.1, 0.15) is 5.82 Å². The van der Waals surface area contributed by atoms with Gasteiger partial charge in [0.2, 0.25) is 5.88 Å². The van der Waals surface area contributed by atoms with E-state index in [-0.39, 0.29) is 5.41 Å². The van der Waals surface area contributed by atoms with Crippen LogP contribution in [0.2, 0.25) is 0 Å². The van der Waals surface area contributed by atoms with Crippen LogP contribution in [0.5, 0.6) is 5.88 Å². The Kier molecular flexibility index (Phi) is 4.81. The van der Waals surface area contributed by atoms with Gasteiger partial charge in [0.25, 0.3) is 10.2 Å². The molecule has 26 heavy (non-hydrogen) atoms. The maximum Gasteiger partial charge on any atom is 0.276 e. The smallest absolute Gasteiger partial charge is 0.276 e. The van der Waals surface area contributed by atoms with Crippen LogP contribution in [0.3, 0.4) is 0 Å². The number of piperidine rings is 1. The van der Waals surface area contributed by atoms with Crippen molar-refractivity contribution in [3.8, 4) is 5.88 Å². The van der Waals surface area contributed by atoms with Gasteiger partial charge in [0.05, 0.1) is 19.8 Å². The number of rotatable bonds is 5. The molecule has 2 aliphatic heterocycles. The summed E-state index contributed by atoms with van der Waals surface area (Å²) in [6, 6.07) is 5.86. The summed E-state index contributed by atoms with van der Waals surface area (Å²) in [5.41, 5.74) is 0.225. The van der Waals surface area contributed by atoms with Crippen LogP contribution >= 0.6 is 0 Å². The molecule has 144 valence electrons. The predicted molar refractivity (Wildman–Crippen MR) is 97.2 cm³/mol. The molecule has 1 aromatic heterocycles. The van der Waals surface area contributed by atoms with Gasteiger partial charge in [-0.25, -0.2) is 5.14 Å². The molecule has 1 spiro atoms. The quantitative estimate of drug-likeness (QED) is 0.801. The van der Waals surface area contributed by atoms with Gasteiger partial charge in [-0.3, -0.25) is 0 Å². The van der Waals surface area contributed by atoms with Gasteiger partial charge < -0.3 is 14.4 Å². The number of ether oxygens (including phenoxy) is 2. The Hall–Kier alpha value is -1.42. The van der Waals surface area contributed by atoms with E-state index in [1.807, 2.05) is 18.2 Å². The van der Waals surface area contributed by atoms with Crippen molar-refractivity contribution in [1.29, 1.82) is 0 Å². The van der Waals surface area contributed by atoms with E-state index in [0.29, 0.717) is 31.5 Å². The highest BCUT2D eigenvalue weighted by Crippen LogP contribution is 2.59. The third kappa shape index (κ3) is 3.80. The predicted octanol–water partition coefficient (Wildman–Crippen LogP) is 0.603. The monoisotopic (exact) mass is 382 g/mol. The second kappa shape index (κ2) is 6.95. The summed E-state index contributed by atoms with van der Waals surface area (Å²) in [6.07, 6.45) is 2.81. The number of morpholine rings is 1. The Bertz CT molecular complexity index is 743. The first-order valence-electron chi connectivity index (χ1n) is 9.17.